The minimum Gasteiger partial charge on any atom is -0.495 e. The minimum atomic E-state index is -0.428. The molecule has 0 aliphatic rings. The normalized spacial score (nSPS) is 9.86. The van der Waals surface area contributed by atoms with Crippen LogP contribution in [0, 0.1) is 10.1 Å². The Hall–Kier alpha value is -1.23. The van der Waals surface area contributed by atoms with Crippen LogP contribution < -0.4 is 4.74 Å². The molecule has 0 spiro atoms. The summed E-state index contributed by atoms with van der Waals surface area (Å²) in [6, 6.07) is 4.64. The molecule has 0 aliphatic heterocycles. The predicted molar refractivity (Wildman–Crippen MR) is 56.0 cm³/mol. The maximum absolute atomic E-state index is 10.5. The van der Waals surface area contributed by atoms with Crippen molar-refractivity contribution < 1.29 is 9.66 Å². The fraction of sp³-hybridized carbons (Fsp3) is 0.333. The van der Waals surface area contributed by atoms with Crippen molar-refractivity contribution >= 4 is 17.4 Å². The zero-order valence-electron chi connectivity index (χ0n) is 8.02. The first-order chi connectivity index (χ1) is 6.69. The van der Waals surface area contributed by atoms with Gasteiger partial charge < -0.3 is 4.74 Å². The van der Waals surface area contributed by atoms with E-state index < -0.39 is 4.92 Å². The van der Waals surface area contributed by atoms with E-state index in [2.05, 4.69) is 0 Å². The third kappa shape index (κ3) is 2.38. The SMILES string of the molecule is CCSc1ccc([N+](=O)[O-])cc1OC. The number of nitrogens with zero attached hydrogens (tertiary/aromatic N) is 1. The van der Waals surface area contributed by atoms with Crippen molar-refractivity contribution in [3.05, 3.63) is 28.3 Å². The molecule has 0 aromatic heterocycles. The lowest BCUT2D eigenvalue weighted by Crippen LogP contribution is -1.91. The summed E-state index contributed by atoms with van der Waals surface area (Å²) < 4.78 is 5.06. The first-order valence-electron chi connectivity index (χ1n) is 4.14. The van der Waals surface area contributed by atoms with Crippen LogP contribution in [0.5, 0.6) is 5.75 Å². The molecule has 1 rings (SSSR count). The number of benzene rings is 1. The van der Waals surface area contributed by atoms with E-state index in [4.69, 9.17) is 4.74 Å². The summed E-state index contributed by atoms with van der Waals surface area (Å²) in [5.74, 6) is 1.47. The van der Waals surface area contributed by atoms with E-state index in [0.717, 1.165) is 10.6 Å². The maximum atomic E-state index is 10.5. The van der Waals surface area contributed by atoms with Gasteiger partial charge in [0.15, 0.2) is 0 Å². The first-order valence-corrected chi connectivity index (χ1v) is 5.12. The monoisotopic (exact) mass is 213 g/mol. The van der Waals surface area contributed by atoms with Gasteiger partial charge in [-0.1, -0.05) is 6.92 Å². The third-order valence-electron chi connectivity index (χ3n) is 1.66. The number of rotatable bonds is 4. The molecule has 0 heterocycles. The van der Waals surface area contributed by atoms with Gasteiger partial charge in [0.05, 0.1) is 18.1 Å². The summed E-state index contributed by atoms with van der Waals surface area (Å²) in [4.78, 5) is 11.0. The Balaban J connectivity index is 3.04. The Labute approximate surface area is 86.4 Å². The molecule has 0 bridgehead atoms. The molecule has 0 fully saturated rings. The van der Waals surface area contributed by atoms with E-state index in [1.165, 1.54) is 19.2 Å². The minimum absolute atomic E-state index is 0.0577. The van der Waals surface area contributed by atoms with E-state index in [-0.39, 0.29) is 5.69 Å². The fourth-order valence-corrected chi connectivity index (χ4v) is 1.80. The van der Waals surface area contributed by atoms with Gasteiger partial charge in [0.25, 0.3) is 5.69 Å². The molecule has 0 radical (unpaired) electrons. The summed E-state index contributed by atoms with van der Waals surface area (Å²) in [6.07, 6.45) is 0. The molecule has 1 aromatic rings. The number of nitro benzene ring substituents is 1. The van der Waals surface area contributed by atoms with Crippen molar-refractivity contribution in [2.75, 3.05) is 12.9 Å². The topological polar surface area (TPSA) is 52.4 Å². The van der Waals surface area contributed by atoms with Crippen molar-refractivity contribution in [3.8, 4) is 5.75 Å². The van der Waals surface area contributed by atoms with E-state index in [9.17, 15) is 10.1 Å². The Morgan fingerprint density at radius 3 is 2.79 bits per heavy atom. The van der Waals surface area contributed by atoms with Crippen molar-refractivity contribution in [1.29, 1.82) is 0 Å². The van der Waals surface area contributed by atoms with Gasteiger partial charge in [-0.25, -0.2) is 0 Å². The Bertz CT molecular complexity index is 341. The van der Waals surface area contributed by atoms with Crippen molar-refractivity contribution in [1.82, 2.24) is 0 Å². The van der Waals surface area contributed by atoms with Crippen LogP contribution in [0.3, 0.4) is 0 Å². The predicted octanol–water partition coefficient (Wildman–Crippen LogP) is 2.72. The summed E-state index contributed by atoms with van der Waals surface area (Å²) in [7, 11) is 1.51. The standard InChI is InChI=1S/C9H11NO3S/c1-3-14-9-5-4-7(10(11)12)6-8(9)13-2/h4-6H,3H2,1-2H3. The first kappa shape index (κ1) is 10.8. The number of methoxy groups -OCH3 is 1. The molecule has 0 amide bonds. The van der Waals surface area contributed by atoms with Crippen molar-refractivity contribution in [2.24, 2.45) is 0 Å². The second-order valence-corrected chi connectivity index (χ2v) is 3.83. The number of thioether (sulfide) groups is 1. The molecule has 5 heteroatoms. The third-order valence-corrected chi connectivity index (χ3v) is 2.59. The highest BCUT2D eigenvalue weighted by molar-refractivity contribution is 7.99. The number of hydrogen-bond donors (Lipinski definition) is 0. The second kappa shape index (κ2) is 4.85. The number of non-ortho nitro benzene ring substituents is 1. The summed E-state index contributed by atoms with van der Waals surface area (Å²) in [5, 5.41) is 10.5. The van der Waals surface area contributed by atoms with Crippen LogP contribution >= 0.6 is 11.8 Å². The fourth-order valence-electron chi connectivity index (χ4n) is 1.04. The largest absolute Gasteiger partial charge is 0.495 e. The van der Waals surface area contributed by atoms with Crippen LogP contribution in [0.15, 0.2) is 23.1 Å². The molecule has 14 heavy (non-hydrogen) atoms. The van der Waals surface area contributed by atoms with Gasteiger partial charge in [-0.2, -0.15) is 0 Å². The lowest BCUT2D eigenvalue weighted by molar-refractivity contribution is -0.385. The Kier molecular flexibility index (Phi) is 3.76. The van der Waals surface area contributed by atoms with Crippen LogP contribution in [-0.4, -0.2) is 17.8 Å². The quantitative estimate of drug-likeness (QED) is 0.438. The van der Waals surface area contributed by atoms with Gasteiger partial charge in [0, 0.05) is 11.0 Å². The van der Waals surface area contributed by atoms with Gasteiger partial charge in [-0.3, -0.25) is 10.1 Å². The van der Waals surface area contributed by atoms with Crippen molar-refractivity contribution in [2.45, 2.75) is 11.8 Å². The lowest BCUT2D eigenvalue weighted by Gasteiger charge is -2.05. The van der Waals surface area contributed by atoms with Crippen LogP contribution in [0.2, 0.25) is 0 Å². The molecule has 0 aliphatic carbocycles. The smallest absolute Gasteiger partial charge is 0.273 e. The highest BCUT2D eigenvalue weighted by Gasteiger charge is 2.10. The molecular weight excluding hydrogens is 202 g/mol. The van der Waals surface area contributed by atoms with Crippen molar-refractivity contribution in [3.63, 3.8) is 0 Å². The van der Waals surface area contributed by atoms with Gasteiger partial charge in [-0.15, -0.1) is 11.8 Å². The van der Waals surface area contributed by atoms with Gasteiger partial charge in [0.2, 0.25) is 0 Å². The highest BCUT2D eigenvalue weighted by atomic mass is 32.2. The van der Waals surface area contributed by atoms with Crippen LogP contribution in [-0.2, 0) is 0 Å². The molecule has 0 atom stereocenters. The molecule has 76 valence electrons. The second-order valence-electron chi connectivity index (χ2n) is 2.53. The lowest BCUT2D eigenvalue weighted by atomic mass is 10.3. The number of hydrogen-bond acceptors (Lipinski definition) is 4. The van der Waals surface area contributed by atoms with Crippen LogP contribution in [0.1, 0.15) is 6.92 Å². The average Bonchev–Trinajstić information content (AvgIpc) is 2.18. The highest BCUT2D eigenvalue weighted by Crippen LogP contribution is 2.32. The molecule has 0 saturated carbocycles. The van der Waals surface area contributed by atoms with Gasteiger partial charge >= 0.3 is 0 Å². The van der Waals surface area contributed by atoms with Crippen LogP contribution in [0.25, 0.3) is 0 Å². The average molecular weight is 213 g/mol. The van der Waals surface area contributed by atoms with E-state index in [1.54, 1.807) is 17.8 Å². The number of nitro groups is 1. The molecule has 4 nitrogen and oxygen atoms in total. The maximum Gasteiger partial charge on any atom is 0.273 e. The summed E-state index contributed by atoms with van der Waals surface area (Å²) >= 11 is 1.60. The Morgan fingerprint density at radius 2 is 2.29 bits per heavy atom. The van der Waals surface area contributed by atoms with E-state index >= 15 is 0 Å². The molecule has 0 N–H and O–H groups in total. The zero-order valence-corrected chi connectivity index (χ0v) is 8.84. The molecular formula is C9H11NO3S. The molecule has 0 unspecified atom stereocenters. The van der Waals surface area contributed by atoms with E-state index in [1.807, 2.05) is 6.92 Å². The zero-order chi connectivity index (χ0) is 10.6. The number of ether oxygens (including phenoxy) is 1. The molecule has 1 aromatic carbocycles. The Morgan fingerprint density at radius 1 is 1.57 bits per heavy atom. The van der Waals surface area contributed by atoms with E-state index in [0.29, 0.717) is 5.75 Å². The summed E-state index contributed by atoms with van der Waals surface area (Å²) in [6.45, 7) is 2.02. The van der Waals surface area contributed by atoms with Gasteiger partial charge in [-0.05, 0) is 11.8 Å². The van der Waals surface area contributed by atoms with Gasteiger partial charge in [0.1, 0.15) is 5.75 Å². The molecule has 0 saturated heterocycles. The van der Waals surface area contributed by atoms with Crippen LogP contribution in [0.4, 0.5) is 5.69 Å². The summed E-state index contributed by atoms with van der Waals surface area (Å²) in [5.41, 5.74) is 0.0577.